The third kappa shape index (κ3) is 3.03. The van der Waals surface area contributed by atoms with Crippen LogP contribution in [0.15, 0.2) is 65.9 Å². The summed E-state index contributed by atoms with van der Waals surface area (Å²) in [6, 6.07) is 16.8. The van der Waals surface area contributed by atoms with Gasteiger partial charge >= 0.3 is 11.9 Å². The Hall–Kier alpha value is -3.03. The SMILES string of the molecule is COC(=O)C1=C(C(=O)OC)[C@@]2(c3ccccc3)CN(c3ccc(Cl)cc3)CN2O1. The summed E-state index contributed by atoms with van der Waals surface area (Å²) < 4.78 is 9.87. The van der Waals surface area contributed by atoms with Crippen molar-refractivity contribution in [1.82, 2.24) is 5.06 Å². The van der Waals surface area contributed by atoms with E-state index in [0.717, 1.165) is 11.3 Å². The first-order chi connectivity index (χ1) is 14.0. The number of nitrogens with zero attached hydrogens (tertiary/aromatic N) is 2. The Labute approximate surface area is 173 Å². The van der Waals surface area contributed by atoms with Gasteiger partial charge in [0.05, 0.1) is 14.2 Å². The fourth-order valence-corrected chi connectivity index (χ4v) is 3.97. The number of esters is 2. The normalized spacial score (nSPS) is 21.0. The molecule has 29 heavy (non-hydrogen) atoms. The highest BCUT2D eigenvalue weighted by Crippen LogP contribution is 2.49. The Morgan fingerprint density at radius 3 is 2.28 bits per heavy atom. The van der Waals surface area contributed by atoms with E-state index >= 15 is 0 Å². The molecule has 0 spiro atoms. The maximum atomic E-state index is 12.8. The average Bonchev–Trinajstić information content (AvgIpc) is 3.28. The van der Waals surface area contributed by atoms with Crippen LogP contribution in [0.4, 0.5) is 5.69 Å². The number of fused-ring (bicyclic) bond motifs is 1. The van der Waals surface area contributed by atoms with Gasteiger partial charge in [-0.25, -0.2) is 9.59 Å². The number of hydroxylamine groups is 2. The topological polar surface area (TPSA) is 68.3 Å². The highest BCUT2D eigenvalue weighted by Gasteiger charge is 2.60. The van der Waals surface area contributed by atoms with Crippen molar-refractivity contribution in [2.45, 2.75) is 5.54 Å². The summed E-state index contributed by atoms with van der Waals surface area (Å²) in [5, 5.41) is 2.25. The number of ether oxygens (including phenoxy) is 2. The number of anilines is 1. The van der Waals surface area contributed by atoms with Crippen LogP contribution in [0.5, 0.6) is 0 Å². The minimum absolute atomic E-state index is 0.120. The highest BCUT2D eigenvalue weighted by molar-refractivity contribution is 6.30. The minimum Gasteiger partial charge on any atom is -0.465 e. The van der Waals surface area contributed by atoms with Crippen molar-refractivity contribution in [2.24, 2.45) is 0 Å². The molecular formula is C21H19ClN2O5. The van der Waals surface area contributed by atoms with E-state index in [1.54, 1.807) is 17.2 Å². The third-order valence-electron chi connectivity index (χ3n) is 5.19. The van der Waals surface area contributed by atoms with Gasteiger partial charge in [-0.3, -0.25) is 0 Å². The Morgan fingerprint density at radius 1 is 1.00 bits per heavy atom. The van der Waals surface area contributed by atoms with Gasteiger partial charge in [-0.2, -0.15) is 0 Å². The van der Waals surface area contributed by atoms with E-state index in [-0.39, 0.29) is 11.3 Å². The predicted molar refractivity (Wildman–Crippen MR) is 106 cm³/mol. The molecule has 1 saturated heterocycles. The van der Waals surface area contributed by atoms with Gasteiger partial charge in [0.1, 0.15) is 17.8 Å². The van der Waals surface area contributed by atoms with Gasteiger partial charge in [-0.1, -0.05) is 41.9 Å². The number of carbonyl (C=O) groups is 2. The molecule has 0 aromatic heterocycles. The van der Waals surface area contributed by atoms with Crippen molar-refractivity contribution in [3.05, 3.63) is 76.5 Å². The van der Waals surface area contributed by atoms with Crippen molar-refractivity contribution in [3.8, 4) is 0 Å². The quantitative estimate of drug-likeness (QED) is 0.712. The summed E-state index contributed by atoms with van der Waals surface area (Å²) in [6.45, 7) is 0.682. The van der Waals surface area contributed by atoms with Crippen LogP contribution < -0.4 is 4.90 Å². The first-order valence-electron chi connectivity index (χ1n) is 8.94. The number of rotatable bonds is 4. The fraction of sp³-hybridized carbons (Fsp3) is 0.238. The molecule has 0 amide bonds. The van der Waals surface area contributed by atoms with E-state index in [1.807, 2.05) is 47.4 Å². The van der Waals surface area contributed by atoms with Gasteiger partial charge in [0.15, 0.2) is 0 Å². The Balaban J connectivity index is 1.87. The van der Waals surface area contributed by atoms with Gasteiger partial charge in [-0.15, -0.1) is 5.06 Å². The highest BCUT2D eigenvalue weighted by atomic mass is 35.5. The van der Waals surface area contributed by atoms with E-state index in [4.69, 9.17) is 25.9 Å². The van der Waals surface area contributed by atoms with Crippen LogP contribution in [0.1, 0.15) is 5.56 Å². The first kappa shape index (κ1) is 19.3. The summed E-state index contributed by atoms with van der Waals surface area (Å²) in [4.78, 5) is 33.1. The van der Waals surface area contributed by atoms with Crippen LogP contribution >= 0.6 is 11.6 Å². The standard InChI is InChI=1S/C21H19ClN2O5/c1-27-19(25)17-18(20(26)28-2)29-24-13-23(16-10-8-15(22)9-11-16)12-21(17,24)14-6-4-3-5-7-14/h3-11H,12-13H2,1-2H3/t21-/m0/s1. The smallest absolute Gasteiger partial charge is 0.376 e. The second-order valence-corrected chi connectivity index (χ2v) is 7.14. The number of hydrogen-bond acceptors (Lipinski definition) is 7. The van der Waals surface area contributed by atoms with E-state index < -0.39 is 17.5 Å². The van der Waals surface area contributed by atoms with Crippen LogP contribution in [0.25, 0.3) is 0 Å². The molecule has 2 aliphatic rings. The predicted octanol–water partition coefficient (Wildman–Crippen LogP) is 2.86. The van der Waals surface area contributed by atoms with Crippen molar-refractivity contribution in [1.29, 1.82) is 0 Å². The van der Waals surface area contributed by atoms with Gasteiger partial charge in [0, 0.05) is 17.3 Å². The molecule has 2 aliphatic heterocycles. The zero-order valence-electron chi connectivity index (χ0n) is 15.9. The van der Waals surface area contributed by atoms with Crippen molar-refractivity contribution in [3.63, 3.8) is 0 Å². The third-order valence-corrected chi connectivity index (χ3v) is 5.44. The number of benzene rings is 2. The van der Waals surface area contributed by atoms with E-state index in [0.29, 0.717) is 18.2 Å². The average molecular weight is 415 g/mol. The van der Waals surface area contributed by atoms with Crippen LogP contribution in [0.3, 0.4) is 0 Å². The second-order valence-electron chi connectivity index (χ2n) is 6.70. The van der Waals surface area contributed by atoms with Crippen LogP contribution in [0.2, 0.25) is 5.02 Å². The molecule has 150 valence electrons. The van der Waals surface area contributed by atoms with Crippen molar-refractivity contribution < 1.29 is 23.9 Å². The molecular weight excluding hydrogens is 396 g/mol. The molecule has 1 fully saturated rings. The summed E-state index contributed by atoms with van der Waals surface area (Å²) in [5.41, 5.74) is 0.800. The summed E-state index contributed by atoms with van der Waals surface area (Å²) in [6.07, 6.45) is 0. The molecule has 0 bridgehead atoms. The van der Waals surface area contributed by atoms with Crippen molar-refractivity contribution >= 4 is 29.2 Å². The molecule has 2 aromatic carbocycles. The van der Waals surface area contributed by atoms with E-state index in [2.05, 4.69) is 0 Å². The molecule has 1 atom stereocenters. The van der Waals surface area contributed by atoms with Crippen LogP contribution in [-0.4, -0.2) is 44.4 Å². The Morgan fingerprint density at radius 2 is 1.66 bits per heavy atom. The first-order valence-corrected chi connectivity index (χ1v) is 9.32. The van der Waals surface area contributed by atoms with Gasteiger partial charge in [0.2, 0.25) is 5.76 Å². The molecule has 7 nitrogen and oxygen atoms in total. The maximum Gasteiger partial charge on any atom is 0.376 e. The minimum atomic E-state index is -1.03. The summed E-state index contributed by atoms with van der Waals surface area (Å²) >= 11 is 6.02. The number of halogens is 1. The maximum absolute atomic E-state index is 12.8. The molecule has 0 saturated carbocycles. The van der Waals surface area contributed by atoms with Crippen LogP contribution in [-0.2, 0) is 29.4 Å². The summed E-state index contributed by atoms with van der Waals surface area (Å²) in [5.74, 6) is -1.53. The molecule has 8 heteroatoms. The molecule has 2 aromatic rings. The molecule has 4 rings (SSSR count). The molecule has 0 radical (unpaired) electrons. The lowest BCUT2D eigenvalue weighted by Crippen LogP contribution is -2.42. The molecule has 0 aliphatic carbocycles. The van der Waals surface area contributed by atoms with Gasteiger partial charge < -0.3 is 19.2 Å². The molecule has 0 N–H and O–H groups in total. The number of hydrogen-bond donors (Lipinski definition) is 0. The largest absolute Gasteiger partial charge is 0.465 e. The lowest BCUT2D eigenvalue weighted by molar-refractivity contribution is -0.161. The Kier molecular flexibility index (Phi) is 4.94. The fourth-order valence-electron chi connectivity index (χ4n) is 3.85. The van der Waals surface area contributed by atoms with Crippen LogP contribution in [0, 0.1) is 0 Å². The lowest BCUT2D eigenvalue weighted by atomic mass is 9.82. The van der Waals surface area contributed by atoms with Gasteiger partial charge in [0.25, 0.3) is 0 Å². The second kappa shape index (κ2) is 7.42. The number of carbonyl (C=O) groups excluding carboxylic acids is 2. The monoisotopic (exact) mass is 414 g/mol. The van der Waals surface area contributed by atoms with Crippen molar-refractivity contribution in [2.75, 3.05) is 32.3 Å². The zero-order chi connectivity index (χ0) is 20.6. The number of methoxy groups -OCH3 is 2. The van der Waals surface area contributed by atoms with Gasteiger partial charge in [-0.05, 0) is 29.8 Å². The van der Waals surface area contributed by atoms with E-state index in [1.165, 1.54) is 14.2 Å². The molecule has 0 unspecified atom stereocenters. The zero-order valence-corrected chi connectivity index (χ0v) is 16.7. The summed E-state index contributed by atoms with van der Waals surface area (Å²) in [7, 11) is 2.52. The Bertz CT molecular complexity index is 976. The molecule has 2 heterocycles. The lowest BCUT2D eigenvalue weighted by Gasteiger charge is -2.30. The van der Waals surface area contributed by atoms with E-state index in [9.17, 15) is 9.59 Å².